The highest BCUT2D eigenvalue weighted by atomic mass is 16.2. The lowest BCUT2D eigenvalue weighted by molar-refractivity contribution is -0.128. The molecule has 1 amide bonds. The third-order valence-electron chi connectivity index (χ3n) is 4.57. The standard InChI is InChI=1S/C15H29N3O/c1-17(2)15(19)8-5-11-18-10-4-6-13(12-18)14-7-3-9-16-14/h13-14,16H,3-12H2,1-2H3. The third kappa shape index (κ3) is 4.46. The molecule has 0 aliphatic carbocycles. The maximum Gasteiger partial charge on any atom is 0.222 e. The number of hydrogen-bond acceptors (Lipinski definition) is 3. The van der Waals surface area contributed by atoms with Gasteiger partial charge in [0.1, 0.15) is 0 Å². The van der Waals surface area contributed by atoms with Crippen molar-refractivity contribution >= 4 is 5.91 Å². The smallest absolute Gasteiger partial charge is 0.222 e. The van der Waals surface area contributed by atoms with Gasteiger partial charge in [0.2, 0.25) is 5.91 Å². The zero-order valence-electron chi connectivity index (χ0n) is 12.5. The summed E-state index contributed by atoms with van der Waals surface area (Å²) in [5, 5.41) is 3.65. The van der Waals surface area contributed by atoms with Gasteiger partial charge in [0.05, 0.1) is 0 Å². The van der Waals surface area contributed by atoms with Crippen LogP contribution in [0.2, 0.25) is 0 Å². The van der Waals surface area contributed by atoms with Gasteiger partial charge >= 0.3 is 0 Å². The molecule has 2 rings (SSSR count). The van der Waals surface area contributed by atoms with Gasteiger partial charge in [-0.05, 0) is 57.7 Å². The first-order valence-electron chi connectivity index (χ1n) is 7.82. The summed E-state index contributed by atoms with van der Waals surface area (Å²) >= 11 is 0. The van der Waals surface area contributed by atoms with E-state index in [0.717, 1.165) is 24.9 Å². The quantitative estimate of drug-likeness (QED) is 0.816. The normalized spacial score (nSPS) is 28.5. The average molecular weight is 267 g/mol. The van der Waals surface area contributed by atoms with Crippen LogP contribution in [0.5, 0.6) is 0 Å². The molecule has 0 aromatic carbocycles. The zero-order chi connectivity index (χ0) is 13.7. The second-order valence-corrected chi connectivity index (χ2v) is 6.30. The number of amides is 1. The lowest BCUT2D eigenvalue weighted by Crippen LogP contribution is -2.43. The predicted octanol–water partition coefficient (Wildman–Crippen LogP) is 1.32. The largest absolute Gasteiger partial charge is 0.349 e. The molecule has 2 aliphatic rings. The Balaban J connectivity index is 1.67. The molecule has 2 fully saturated rings. The van der Waals surface area contributed by atoms with Crippen LogP contribution in [-0.4, -0.2) is 62.0 Å². The van der Waals surface area contributed by atoms with Gasteiger partial charge in [-0.1, -0.05) is 0 Å². The molecular formula is C15H29N3O. The summed E-state index contributed by atoms with van der Waals surface area (Å²) in [5.74, 6) is 1.09. The number of carbonyl (C=O) groups is 1. The van der Waals surface area contributed by atoms with Crippen LogP contribution in [0.1, 0.15) is 38.5 Å². The number of piperidine rings is 1. The highest BCUT2D eigenvalue weighted by Gasteiger charge is 2.28. The van der Waals surface area contributed by atoms with Crippen LogP contribution in [0.25, 0.3) is 0 Å². The van der Waals surface area contributed by atoms with E-state index in [1.165, 1.54) is 45.3 Å². The third-order valence-corrected chi connectivity index (χ3v) is 4.57. The van der Waals surface area contributed by atoms with Gasteiger partial charge in [0.15, 0.2) is 0 Å². The van der Waals surface area contributed by atoms with Crippen LogP contribution in [0.4, 0.5) is 0 Å². The lowest BCUT2D eigenvalue weighted by Gasteiger charge is -2.35. The molecule has 110 valence electrons. The molecule has 0 aromatic heterocycles. The Kier molecular flexibility index (Phi) is 5.64. The van der Waals surface area contributed by atoms with Gasteiger partial charge < -0.3 is 15.1 Å². The molecule has 0 aromatic rings. The second kappa shape index (κ2) is 7.25. The molecule has 2 heterocycles. The Morgan fingerprint density at radius 3 is 2.84 bits per heavy atom. The second-order valence-electron chi connectivity index (χ2n) is 6.30. The van der Waals surface area contributed by atoms with Crippen molar-refractivity contribution in [2.24, 2.45) is 5.92 Å². The summed E-state index contributed by atoms with van der Waals surface area (Å²) in [6.07, 6.45) is 7.10. The molecule has 0 radical (unpaired) electrons. The van der Waals surface area contributed by atoms with E-state index in [4.69, 9.17) is 0 Å². The topological polar surface area (TPSA) is 35.6 Å². The van der Waals surface area contributed by atoms with Crippen molar-refractivity contribution in [3.05, 3.63) is 0 Å². The van der Waals surface area contributed by atoms with E-state index >= 15 is 0 Å². The van der Waals surface area contributed by atoms with Crippen molar-refractivity contribution in [1.82, 2.24) is 15.1 Å². The maximum absolute atomic E-state index is 11.6. The fourth-order valence-electron chi connectivity index (χ4n) is 3.41. The summed E-state index contributed by atoms with van der Waals surface area (Å²) in [6.45, 7) is 4.74. The number of likely N-dealkylation sites (tertiary alicyclic amines) is 1. The van der Waals surface area contributed by atoms with Gasteiger partial charge in [-0.15, -0.1) is 0 Å². The zero-order valence-corrected chi connectivity index (χ0v) is 12.5. The van der Waals surface area contributed by atoms with E-state index < -0.39 is 0 Å². The maximum atomic E-state index is 11.6. The van der Waals surface area contributed by atoms with Crippen molar-refractivity contribution in [3.63, 3.8) is 0 Å². The molecule has 4 nitrogen and oxygen atoms in total. The van der Waals surface area contributed by atoms with Crippen molar-refractivity contribution in [3.8, 4) is 0 Å². The molecule has 0 saturated carbocycles. The van der Waals surface area contributed by atoms with Gasteiger partial charge in [-0.2, -0.15) is 0 Å². The van der Waals surface area contributed by atoms with Gasteiger partial charge in [0, 0.05) is 33.1 Å². The number of nitrogens with one attached hydrogen (secondary N) is 1. The highest BCUT2D eigenvalue weighted by Crippen LogP contribution is 2.24. The van der Waals surface area contributed by atoms with Gasteiger partial charge in [-0.3, -0.25) is 4.79 Å². The first-order valence-corrected chi connectivity index (χ1v) is 7.82. The molecule has 4 heteroatoms. The Labute approximate surface area is 117 Å². The van der Waals surface area contributed by atoms with E-state index in [1.807, 2.05) is 14.1 Å². The van der Waals surface area contributed by atoms with Gasteiger partial charge in [-0.25, -0.2) is 0 Å². The van der Waals surface area contributed by atoms with Gasteiger partial charge in [0.25, 0.3) is 0 Å². The van der Waals surface area contributed by atoms with Crippen molar-refractivity contribution in [1.29, 1.82) is 0 Å². The summed E-state index contributed by atoms with van der Waals surface area (Å²) in [5.41, 5.74) is 0. The minimum atomic E-state index is 0.256. The minimum Gasteiger partial charge on any atom is -0.349 e. The number of hydrogen-bond donors (Lipinski definition) is 1. The first-order chi connectivity index (χ1) is 9.16. The number of rotatable bonds is 5. The lowest BCUT2D eigenvalue weighted by atomic mass is 9.89. The molecule has 2 unspecified atom stereocenters. The summed E-state index contributed by atoms with van der Waals surface area (Å²) in [6, 6.07) is 0.756. The van der Waals surface area contributed by atoms with Crippen LogP contribution in [0.3, 0.4) is 0 Å². The van der Waals surface area contributed by atoms with Crippen LogP contribution in [0, 0.1) is 5.92 Å². The van der Waals surface area contributed by atoms with Crippen LogP contribution < -0.4 is 5.32 Å². The number of carbonyl (C=O) groups excluding carboxylic acids is 1. The minimum absolute atomic E-state index is 0.256. The van der Waals surface area contributed by atoms with E-state index in [0.29, 0.717) is 6.42 Å². The summed E-state index contributed by atoms with van der Waals surface area (Å²) < 4.78 is 0. The van der Waals surface area contributed by atoms with Crippen LogP contribution >= 0.6 is 0 Å². The Hall–Kier alpha value is -0.610. The fraction of sp³-hybridized carbons (Fsp3) is 0.933. The van der Waals surface area contributed by atoms with E-state index in [2.05, 4.69) is 10.2 Å². The van der Waals surface area contributed by atoms with Crippen molar-refractivity contribution in [2.75, 3.05) is 40.3 Å². The average Bonchev–Trinajstić information content (AvgIpc) is 2.93. The Morgan fingerprint density at radius 2 is 2.16 bits per heavy atom. The molecule has 0 spiro atoms. The SMILES string of the molecule is CN(C)C(=O)CCCN1CCCC(C2CCCN2)C1. The first kappa shape index (κ1) is 14.8. The summed E-state index contributed by atoms with van der Waals surface area (Å²) in [7, 11) is 3.68. The van der Waals surface area contributed by atoms with Crippen molar-refractivity contribution < 1.29 is 4.79 Å². The predicted molar refractivity (Wildman–Crippen MR) is 78.1 cm³/mol. The molecule has 0 bridgehead atoms. The Bertz CT molecular complexity index is 287. The van der Waals surface area contributed by atoms with Crippen molar-refractivity contribution in [2.45, 2.75) is 44.6 Å². The monoisotopic (exact) mass is 267 g/mol. The highest BCUT2D eigenvalue weighted by molar-refractivity contribution is 5.75. The van der Waals surface area contributed by atoms with Crippen LogP contribution in [-0.2, 0) is 4.79 Å². The molecule has 2 atom stereocenters. The molecular weight excluding hydrogens is 238 g/mol. The fourth-order valence-corrected chi connectivity index (χ4v) is 3.41. The molecule has 2 aliphatic heterocycles. The van der Waals surface area contributed by atoms with Crippen LogP contribution in [0.15, 0.2) is 0 Å². The van der Waals surface area contributed by atoms with E-state index in [9.17, 15) is 4.79 Å². The molecule has 2 saturated heterocycles. The number of nitrogens with zero attached hydrogens (tertiary/aromatic N) is 2. The Morgan fingerprint density at radius 1 is 1.32 bits per heavy atom. The molecule has 19 heavy (non-hydrogen) atoms. The summed E-state index contributed by atoms with van der Waals surface area (Å²) in [4.78, 5) is 15.8. The van der Waals surface area contributed by atoms with E-state index in [-0.39, 0.29) is 5.91 Å². The van der Waals surface area contributed by atoms with E-state index in [1.54, 1.807) is 4.90 Å². The molecule has 1 N–H and O–H groups in total.